The van der Waals surface area contributed by atoms with Gasteiger partial charge in [0, 0.05) is 74.9 Å². The Kier molecular flexibility index (Phi) is 16.8. The SMILES string of the molecule is CCCCCCCCCCC(=O)N[C@@H](Cc1cnc[nH]1)C(=O)N[C@@H](Cc1cnc[nH]1)C(=O)N[C@@H](CO)C(=O)N(C)CCc1ccccn1. The Bertz CT molecular complexity index is 1350. The summed E-state index contributed by atoms with van der Waals surface area (Å²) in [6.07, 6.45) is 17.4. The average molecular weight is 666 g/mol. The highest BCUT2D eigenvalue weighted by Gasteiger charge is 2.31. The molecule has 0 bridgehead atoms. The number of hydrogen-bond donors (Lipinski definition) is 6. The van der Waals surface area contributed by atoms with Crippen molar-refractivity contribution in [2.75, 3.05) is 20.2 Å². The second kappa shape index (κ2) is 21.3. The molecule has 262 valence electrons. The molecule has 3 aromatic heterocycles. The number of H-pyrrole nitrogens is 2. The zero-order valence-electron chi connectivity index (χ0n) is 28.1. The molecule has 0 saturated carbocycles. The van der Waals surface area contributed by atoms with Crippen LogP contribution in [-0.4, -0.2) is 96.9 Å². The van der Waals surface area contributed by atoms with Crippen LogP contribution in [0.5, 0.6) is 0 Å². The monoisotopic (exact) mass is 665 g/mol. The molecule has 4 amide bonds. The highest BCUT2D eigenvalue weighted by atomic mass is 16.3. The lowest BCUT2D eigenvalue weighted by Crippen LogP contribution is -2.58. The van der Waals surface area contributed by atoms with Gasteiger partial charge in [-0.25, -0.2) is 9.97 Å². The number of pyridine rings is 1. The molecule has 0 aliphatic rings. The molecule has 14 heteroatoms. The van der Waals surface area contributed by atoms with Gasteiger partial charge in [0.15, 0.2) is 0 Å². The second-order valence-corrected chi connectivity index (χ2v) is 12.0. The summed E-state index contributed by atoms with van der Waals surface area (Å²) < 4.78 is 0. The third-order valence-corrected chi connectivity index (χ3v) is 8.10. The fourth-order valence-corrected chi connectivity index (χ4v) is 5.27. The first-order valence-electron chi connectivity index (χ1n) is 16.9. The van der Waals surface area contributed by atoms with Crippen molar-refractivity contribution in [3.63, 3.8) is 0 Å². The molecule has 0 radical (unpaired) electrons. The maximum Gasteiger partial charge on any atom is 0.247 e. The fraction of sp³-hybridized carbons (Fsp3) is 0.559. The Morgan fingerprint density at radius 3 is 1.94 bits per heavy atom. The zero-order chi connectivity index (χ0) is 34.6. The highest BCUT2D eigenvalue weighted by Crippen LogP contribution is 2.10. The Morgan fingerprint density at radius 1 is 0.812 bits per heavy atom. The number of nitrogens with zero attached hydrogens (tertiary/aromatic N) is 4. The minimum Gasteiger partial charge on any atom is -0.394 e. The van der Waals surface area contributed by atoms with Gasteiger partial charge in [0.05, 0.1) is 19.3 Å². The molecule has 48 heavy (non-hydrogen) atoms. The van der Waals surface area contributed by atoms with Crippen LogP contribution >= 0.6 is 0 Å². The first kappa shape index (κ1) is 37.9. The molecule has 14 nitrogen and oxygen atoms in total. The van der Waals surface area contributed by atoms with Gasteiger partial charge in [-0.05, 0) is 18.6 Å². The number of carbonyl (C=O) groups excluding carboxylic acids is 4. The van der Waals surface area contributed by atoms with Crippen molar-refractivity contribution in [1.82, 2.24) is 45.8 Å². The van der Waals surface area contributed by atoms with Crippen LogP contribution in [0, 0.1) is 0 Å². The van der Waals surface area contributed by atoms with Crippen molar-refractivity contribution in [1.29, 1.82) is 0 Å². The van der Waals surface area contributed by atoms with Crippen molar-refractivity contribution in [2.45, 2.75) is 102 Å². The van der Waals surface area contributed by atoms with Crippen molar-refractivity contribution in [3.05, 3.63) is 66.5 Å². The normalized spacial score (nSPS) is 12.9. The summed E-state index contributed by atoms with van der Waals surface area (Å²) in [4.78, 5) is 72.9. The second-order valence-electron chi connectivity index (χ2n) is 12.0. The minimum absolute atomic E-state index is 0.0302. The lowest BCUT2D eigenvalue weighted by Gasteiger charge is -2.26. The molecule has 3 heterocycles. The Morgan fingerprint density at radius 2 is 1.40 bits per heavy atom. The van der Waals surface area contributed by atoms with Gasteiger partial charge >= 0.3 is 0 Å². The largest absolute Gasteiger partial charge is 0.394 e. The summed E-state index contributed by atoms with van der Waals surface area (Å²) in [6, 6.07) is 2.14. The van der Waals surface area contributed by atoms with E-state index in [0.29, 0.717) is 24.4 Å². The van der Waals surface area contributed by atoms with Crippen LogP contribution < -0.4 is 16.0 Å². The zero-order valence-corrected chi connectivity index (χ0v) is 28.1. The number of aromatic nitrogens is 5. The quantitative estimate of drug-likeness (QED) is 0.0827. The number of aliphatic hydroxyl groups excluding tert-OH is 1. The van der Waals surface area contributed by atoms with E-state index in [2.05, 4.69) is 47.8 Å². The molecule has 0 aliphatic heterocycles. The Labute approximate surface area is 282 Å². The van der Waals surface area contributed by atoms with E-state index in [1.165, 1.54) is 49.4 Å². The van der Waals surface area contributed by atoms with Gasteiger partial charge in [-0.15, -0.1) is 0 Å². The van der Waals surface area contributed by atoms with E-state index in [1.54, 1.807) is 25.5 Å². The molecule has 0 aliphatic carbocycles. The molecule has 0 fully saturated rings. The van der Waals surface area contributed by atoms with Gasteiger partial charge in [-0.1, -0.05) is 57.9 Å². The lowest BCUT2D eigenvalue weighted by atomic mass is 10.1. The minimum atomic E-state index is -1.24. The predicted octanol–water partition coefficient (Wildman–Crippen LogP) is 1.99. The van der Waals surface area contributed by atoms with Gasteiger partial charge in [0.2, 0.25) is 23.6 Å². The summed E-state index contributed by atoms with van der Waals surface area (Å²) in [7, 11) is 1.58. The Hall–Kier alpha value is -4.59. The number of amides is 4. The van der Waals surface area contributed by atoms with E-state index >= 15 is 0 Å². The molecule has 3 atom stereocenters. The molecule has 3 rings (SSSR count). The third-order valence-electron chi connectivity index (χ3n) is 8.10. The molecular formula is C34H51N9O5. The highest BCUT2D eigenvalue weighted by molar-refractivity contribution is 5.94. The number of carbonyl (C=O) groups is 4. The van der Waals surface area contributed by atoms with Gasteiger partial charge in [0.1, 0.15) is 18.1 Å². The summed E-state index contributed by atoms with van der Waals surface area (Å²) in [5, 5.41) is 18.2. The van der Waals surface area contributed by atoms with E-state index in [1.807, 2.05) is 12.1 Å². The van der Waals surface area contributed by atoms with E-state index < -0.39 is 42.5 Å². The number of unbranched alkanes of at least 4 members (excludes halogenated alkanes) is 7. The van der Waals surface area contributed by atoms with Gasteiger partial charge in [-0.2, -0.15) is 0 Å². The maximum atomic E-state index is 13.7. The third kappa shape index (κ3) is 13.6. The topological polar surface area (TPSA) is 198 Å². The summed E-state index contributed by atoms with van der Waals surface area (Å²) in [6.45, 7) is 1.87. The van der Waals surface area contributed by atoms with Crippen LogP contribution in [-0.2, 0) is 38.4 Å². The fourth-order valence-electron chi connectivity index (χ4n) is 5.27. The van der Waals surface area contributed by atoms with Crippen molar-refractivity contribution in [3.8, 4) is 0 Å². The number of hydrogen-bond acceptors (Lipinski definition) is 8. The first-order chi connectivity index (χ1) is 23.3. The van der Waals surface area contributed by atoms with Gasteiger partial charge in [0.25, 0.3) is 0 Å². The number of aromatic amines is 2. The Balaban J connectivity index is 1.63. The molecule has 3 aromatic rings. The number of likely N-dealkylation sites (N-methyl/N-ethyl adjacent to an activating group) is 1. The lowest BCUT2D eigenvalue weighted by molar-refractivity contribution is -0.137. The summed E-state index contributed by atoms with van der Waals surface area (Å²) in [5.41, 5.74) is 2.01. The molecule has 0 saturated heterocycles. The van der Waals surface area contributed by atoms with Crippen LogP contribution in [0.2, 0.25) is 0 Å². The van der Waals surface area contributed by atoms with Crippen LogP contribution in [0.1, 0.15) is 81.8 Å². The summed E-state index contributed by atoms with van der Waals surface area (Å²) in [5.74, 6) is -1.99. The maximum absolute atomic E-state index is 13.7. The van der Waals surface area contributed by atoms with Crippen LogP contribution in [0.4, 0.5) is 0 Å². The molecule has 0 aromatic carbocycles. The van der Waals surface area contributed by atoms with Crippen LogP contribution in [0.25, 0.3) is 0 Å². The van der Waals surface area contributed by atoms with E-state index in [9.17, 15) is 24.3 Å². The van der Waals surface area contributed by atoms with Gasteiger partial charge < -0.3 is 35.9 Å². The first-order valence-corrected chi connectivity index (χ1v) is 16.9. The van der Waals surface area contributed by atoms with Crippen molar-refractivity contribution < 1.29 is 24.3 Å². The van der Waals surface area contributed by atoms with Crippen LogP contribution in [0.3, 0.4) is 0 Å². The number of aliphatic hydroxyl groups is 1. The number of nitrogens with one attached hydrogen (secondary N) is 5. The van der Waals surface area contributed by atoms with Gasteiger partial charge in [-0.3, -0.25) is 24.2 Å². The van der Waals surface area contributed by atoms with E-state index in [-0.39, 0.29) is 25.2 Å². The molecule has 0 unspecified atom stereocenters. The smallest absolute Gasteiger partial charge is 0.247 e. The molecular weight excluding hydrogens is 614 g/mol. The average Bonchev–Trinajstić information content (AvgIpc) is 3.81. The van der Waals surface area contributed by atoms with E-state index in [4.69, 9.17) is 0 Å². The van der Waals surface area contributed by atoms with Crippen LogP contribution in [0.15, 0.2) is 49.4 Å². The summed E-state index contributed by atoms with van der Waals surface area (Å²) >= 11 is 0. The van der Waals surface area contributed by atoms with Crippen molar-refractivity contribution >= 4 is 23.6 Å². The predicted molar refractivity (Wildman–Crippen MR) is 180 cm³/mol. The van der Waals surface area contributed by atoms with E-state index in [0.717, 1.165) is 31.4 Å². The molecule has 0 spiro atoms. The number of imidazole rings is 2. The molecule has 6 N–H and O–H groups in total. The standard InChI is InChI=1S/C34H51N9O5/c1-3-4-5-6-7-8-9-10-14-31(45)40-28(18-26-20-35-23-38-26)32(46)41-29(19-27-21-36-24-39-27)33(47)42-30(22-44)34(48)43(2)17-15-25-13-11-12-16-37-25/h11-13,16,20-21,23-24,28-30,44H,3-10,14-15,17-19,22H2,1-2H3,(H,35,38)(H,36,39)(H,40,45)(H,41,46)(H,42,47)/t28-,29-,30-/m0/s1. The van der Waals surface area contributed by atoms with Crippen molar-refractivity contribution in [2.24, 2.45) is 0 Å². The number of rotatable bonds is 23.